The van der Waals surface area contributed by atoms with E-state index < -0.39 is 0 Å². The second kappa shape index (κ2) is 6.60. The van der Waals surface area contributed by atoms with E-state index in [1.807, 2.05) is 12.1 Å². The van der Waals surface area contributed by atoms with E-state index in [1.54, 1.807) is 0 Å². The Morgan fingerprint density at radius 2 is 2.14 bits per heavy atom. The van der Waals surface area contributed by atoms with Crippen molar-refractivity contribution >= 4 is 11.6 Å². The molecule has 1 aromatic carbocycles. The fourth-order valence-corrected chi connectivity index (χ4v) is 1.92. The third-order valence-corrected chi connectivity index (χ3v) is 3.21. The smallest absolute Gasteiger partial charge is 0.193 e. The summed E-state index contributed by atoms with van der Waals surface area (Å²) in [6, 6.07) is 8.11. The van der Waals surface area contributed by atoms with Gasteiger partial charge in [-0.25, -0.2) is 9.98 Å². The van der Waals surface area contributed by atoms with Gasteiger partial charge < -0.3 is 11.1 Å². The zero-order valence-electron chi connectivity index (χ0n) is 13.6. The van der Waals surface area contributed by atoms with Gasteiger partial charge in [-0.2, -0.15) is 5.10 Å². The molecule has 0 radical (unpaired) electrons. The number of H-pyrrole nitrogens is 1. The number of aromatic nitrogens is 3. The van der Waals surface area contributed by atoms with E-state index in [4.69, 9.17) is 5.73 Å². The SMILES string of the molecule is CCc1cccc(NC(N)=NCc2nc(C(C)(C)C)n[nH]2)c1. The number of nitrogens with two attached hydrogens (primary N) is 1. The van der Waals surface area contributed by atoms with Crippen LogP contribution in [0, 0.1) is 0 Å². The van der Waals surface area contributed by atoms with Gasteiger partial charge in [-0.3, -0.25) is 5.10 Å². The van der Waals surface area contributed by atoms with Crippen LogP contribution in [0.5, 0.6) is 0 Å². The highest BCUT2D eigenvalue weighted by atomic mass is 15.2. The zero-order valence-corrected chi connectivity index (χ0v) is 13.6. The number of aromatic amines is 1. The van der Waals surface area contributed by atoms with Crippen molar-refractivity contribution < 1.29 is 0 Å². The number of hydrogen-bond acceptors (Lipinski definition) is 3. The van der Waals surface area contributed by atoms with Gasteiger partial charge in [-0.15, -0.1) is 0 Å². The fraction of sp³-hybridized carbons (Fsp3) is 0.438. The van der Waals surface area contributed by atoms with Gasteiger partial charge in [0.2, 0.25) is 0 Å². The first-order chi connectivity index (χ1) is 10.4. The van der Waals surface area contributed by atoms with Crippen LogP contribution in [-0.4, -0.2) is 21.1 Å². The van der Waals surface area contributed by atoms with Crippen LogP contribution in [0.1, 0.15) is 44.9 Å². The quantitative estimate of drug-likeness (QED) is 0.598. The molecule has 1 aromatic heterocycles. The Kier molecular flexibility index (Phi) is 4.80. The van der Waals surface area contributed by atoms with Crippen LogP contribution in [0.25, 0.3) is 0 Å². The van der Waals surface area contributed by atoms with E-state index in [1.165, 1.54) is 5.56 Å². The highest BCUT2D eigenvalue weighted by Gasteiger charge is 2.19. The molecule has 0 spiro atoms. The average Bonchev–Trinajstić information content (AvgIpc) is 2.94. The van der Waals surface area contributed by atoms with E-state index in [2.05, 4.69) is 65.3 Å². The Bertz CT molecular complexity index is 651. The van der Waals surface area contributed by atoms with Crippen molar-refractivity contribution in [1.82, 2.24) is 15.2 Å². The normalized spacial score (nSPS) is 12.5. The molecule has 6 heteroatoms. The standard InChI is InChI=1S/C16H24N6/c1-5-11-7-6-8-12(9-11)19-15(17)18-10-13-20-14(22-21-13)16(2,3)4/h6-9H,5,10H2,1-4H3,(H3,17,18,19)(H,20,21,22). The van der Waals surface area contributed by atoms with Crippen LogP contribution in [0.15, 0.2) is 29.3 Å². The topological polar surface area (TPSA) is 92.0 Å². The number of hydrogen-bond donors (Lipinski definition) is 3. The summed E-state index contributed by atoms with van der Waals surface area (Å²) in [6.45, 7) is 8.70. The molecule has 4 N–H and O–H groups in total. The molecule has 0 bridgehead atoms. The predicted molar refractivity (Wildman–Crippen MR) is 89.9 cm³/mol. The maximum atomic E-state index is 5.91. The van der Waals surface area contributed by atoms with E-state index in [0.717, 1.165) is 17.9 Å². The van der Waals surface area contributed by atoms with Gasteiger partial charge >= 0.3 is 0 Å². The third kappa shape index (κ3) is 4.31. The first-order valence-electron chi connectivity index (χ1n) is 7.46. The highest BCUT2D eigenvalue weighted by Crippen LogP contribution is 2.17. The number of anilines is 1. The third-order valence-electron chi connectivity index (χ3n) is 3.21. The summed E-state index contributed by atoms with van der Waals surface area (Å²) in [6.07, 6.45) is 0.986. The summed E-state index contributed by atoms with van der Waals surface area (Å²) in [5.41, 5.74) is 8.03. The van der Waals surface area contributed by atoms with Crippen molar-refractivity contribution in [3.8, 4) is 0 Å². The lowest BCUT2D eigenvalue weighted by Gasteiger charge is -2.11. The molecule has 0 amide bonds. The first-order valence-corrected chi connectivity index (χ1v) is 7.46. The molecular formula is C16H24N6. The summed E-state index contributed by atoms with van der Waals surface area (Å²) in [5, 5.41) is 10.2. The molecule has 0 saturated carbocycles. The Hall–Kier alpha value is -2.37. The summed E-state index contributed by atoms with van der Waals surface area (Å²) < 4.78 is 0. The van der Waals surface area contributed by atoms with E-state index in [-0.39, 0.29) is 5.41 Å². The zero-order chi connectivity index (χ0) is 16.2. The molecule has 0 unspecified atom stereocenters. The summed E-state index contributed by atoms with van der Waals surface area (Å²) in [4.78, 5) is 8.72. The Morgan fingerprint density at radius 3 is 2.77 bits per heavy atom. The number of nitrogens with zero attached hydrogens (tertiary/aromatic N) is 3. The Labute approximate surface area is 131 Å². The minimum atomic E-state index is -0.0805. The average molecular weight is 300 g/mol. The summed E-state index contributed by atoms with van der Waals surface area (Å²) >= 11 is 0. The largest absolute Gasteiger partial charge is 0.370 e. The molecule has 0 aliphatic carbocycles. The number of guanidine groups is 1. The Morgan fingerprint density at radius 1 is 1.36 bits per heavy atom. The molecular weight excluding hydrogens is 276 g/mol. The summed E-state index contributed by atoms with van der Waals surface area (Å²) in [7, 11) is 0. The van der Waals surface area contributed by atoms with E-state index in [0.29, 0.717) is 18.3 Å². The van der Waals surface area contributed by atoms with Crippen molar-refractivity contribution in [2.75, 3.05) is 5.32 Å². The Balaban J connectivity index is 1.99. The van der Waals surface area contributed by atoms with Crippen molar-refractivity contribution in [1.29, 1.82) is 0 Å². The number of aryl methyl sites for hydroxylation is 1. The highest BCUT2D eigenvalue weighted by molar-refractivity contribution is 5.92. The van der Waals surface area contributed by atoms with Crippen LogP contribution >= 0.6 is 0 Å². The second-order valence-electron chi connectivity index (χ2n) is 6.24. The van der Waals surface area contributed by atoms with Crippen LogP contribution in [-0.2, 0) is 18.4 Å². The number of rotatable bonds is 4. The molecule has 2 aromatic rings. The van der Waals surface area contributed by atoms with Gasteiger partial charge in [-0.1, -0.05) is 39.8 Å². The molecule has 22 heavy (non-hydrogen) atoms. The van der Waals surface area contributed by atoms with Crippen LogP contribution in [0.3, 0.4) is 0 Å². The van der Waals surface area contributed by atoms with Crippen molar-refractivity contribution in [3.05, 3.63) is 41.5 Å². The van der Waals surface area contributed by atoms with E-state index in [9.17, 15) is 0 Å². The summed E-state index contributed by atoms with van der Waals surface area (Å²) in [5.74, 6) is 1.85. The minimum absolute atomic E-state index is 0.0805. The fourth-order valence-electron chi connectivity index (χ4n) is 1.92. The lowest BCUT2D eigenvalue weighted by Crippen LogP contribution is -2.22. The lowest BCUT2D eigenvalue weighted by molar-refractivity contribution is 0.547. The first kappa shape index (κ1) is 16.0. The van der Waals surface area contributed by atoms with Gasteiger partial charge in [0.1, 0.15) is 12.4 Å². The molecule has 6 nitrogen and oxygen atoms in total. The molecule has 0 fully saturated rings. The van der Waals surface area contributed by atoms with Gasteiger partial charge in [-0.05, 0) is 24.1 Å². The molecule has 0 aliphatic heterocycles. The lowest BCUT2D eigenvalue weighted by atomic mass is 9.96. The van der Waals surface area contributed by atoms with Gasteiger partial charge in [0.15, 0.2) is 11.8 Å². The van der Waals surface area contributed by atoms with Crippen molar-refractivity contribution in [2.45, 2.75) is 46.1 Å². The van der Waals surface area contributed by atoms with Crippen LogP contribution < -0.4 is 11.1 Å². The van der Waals surface area contributed by atoms with Crippen molar-refractivity contribution in [2.24, 2.45) is 10.7 Å². The van der Waals surface area contributed by atoms with Crippen molar-refractivity contribution in [3.63, 3.8) is 0 Å². The number of aliphatic imine (C=N–C) groups is 1. The molecule has 0 aliphatic rings. The van der Waals surface area contributed by atoms with Gasteiger partial charge in [0.05, 0.1) is 0 Å². The molecule has 118 valence electrons. The number of benzene rings is 1. The molecule has 0 saturated heterocycles. The van der Waals surface area contributed by atoms with E-state index >= 15 is 0 Å². The monoisotopic (exact) mass is 300 g/mol. The van der Waals surface area contributed by atoms with Gasteiger partial charge in [0.25, 0.3) is 0 Å². The number of nitrogens with one attached hydrogen (secondary N) is 2. The second-order valence-corrected chi connectivity index (χ2v) is 6.24. The van der Waals surface area contributed by atoms with Gasteiger partial charge in [0, 0.05) is 11.1 Å². The van der Waals surface area contributed by atoms with Crippen LogP contribution in [0.2, 0.25) is 0 Å². The minimum Gasteiger partial charge on any atom is -0.370 e. The predicted octanol–water partition coefficient (Wildman–Crippen LogP) is 2.59. The van der Waals surface area contributed by atoms with Crippen LogP contribution in [0.4, 0.5) is 5.69 Å². The molecule has 2 rings (SSSR count). The maximum absolute atomic E-state index is 5.91. The molecule has 0 atom stereocenters. The molecule has 1 heterocycles. The maximum Gasteiger partial charge on any atom is 0.193 e.